The van der Waals surface area contributed by atoms with Crippen LogP contribution in [-0.4, -0.2) is 37.1 Å². The van der Waals surface area contributed by atoms with Crippen molar-refractivity contribution in [1.29, 1.82) is 0 Å². The van der Waals surface area contributed by atoms with Gasteiger partial charge in [-0.3, -0.25) is 19.5 Å². The van der Waals surface area contributed by atoms with Crippen LogP contribution in [0.15, 0.2) is 89.1 Å². The molecule has 10 heteroatoms. The maximum Gasteiger partial charge on any atom is 0.269 e. The lowest BCUT2D eigenvalue weighted by molar-refractivity contribution is -0.384. The van der Waals surface area contributed by atoms with E-state index in [4.69, 9.17) is 0 Å². The molecule has 9 nitrogen and oxygen atoms in total. The Bertz CT molecular complexity index is 1370. The van der Waals surface area contributed by atoms with Gasteiger partial charge in [-0.2, -0.15) is 5.10 Å². The summed E-state index contributed by atoms with van der Waals surface area (Å²) in [6, 6.07) is 23.7. The van der Waals surface area contributed by atoms with E-state index in [-0.39, 0.29) is 17.3 Å². The zero-order valence-corrected chi connectivity index (χ0v) is 19.9. The summed E-state index contributed by atoms with van der Waals surface area (Å²) in [6.07, 6.45) is 0. The number of para-hydroxylation sites is 1. The first kappa shape index (κ1) is 23.8. The molecule has 1 aromatic heterocycles. The molecule has 4 aromatic rings. The predicted molar refractivity (Wildman–Crippen MR) is 136 cm³/mol. The van der Waals surface area contributed by atoms with Gasteiger partial charge in [-0.05, 0) is 43.7 Å². The smallest absolute Gasteiger partial charge is 0.269 e. The molecule has 0 aliphatic carbocycles. The molecule has 0 saturated heterocycles. The van der Waals surface area contributed by atoms with Crippen molar-refractivity contribution in [1.82, 2.24) is 20.2 Å². The van der Waals surface area contributed by atoms with Crippen LogP contribution in [0.1, 0.15) is 18.1 Å². The van der Waals surface area contributed by atoms with E-state index in [0.29, 0.717) is 22.3 Å². The molecule has 0 fully saturated rings. The average Bonchev–Trinajstić information content (AvgIpc) is 3.31. The molecule has 0 aliphatic rings. The molecule has 1 N–H and O–H groups in total. The van der Waals surface area contributed by atoms with Crippen LogP contribution in [0.4, 0.5) is 5.69 Å². The van der Waals surface area contributed by atoms with Crippen LogP contribution in [0.25, 0.3) is 17.1 Å². The Balaban J connectivity index is 1.48. The van der Waals surface area contributed by atoms with Gasteiger partial charge in [-0.1, -0.05) is 59.8 Å². The Kier molecular flexibility index (Phi) is 7.32. The lowest BCUT2D eigenvalue weighted by Crippen LogP contribution is -2.21. The topological polar surface area (TPSA) is 115 Å². The molecule has 176 valence electrons. The van der Waals surface area contributed by atoms with Crippen molar-refractivity contribution in [3.8, 4) is 17.1 Å². The Morgan fingerprint density at radius 2 is 1.71 bits per heavy atom. The van der Waals surface area contributed by atoms with Crippen LogP contribution in [0, 0.1) is 17.0 Å². The van der Waals surface area contributed by atoms with Crippen molar-refractivity contribution in [2.45, 2.75) is 19.0 Å². The summed E-state index contributed by atoms with van der Waals surface area (Å²) in [4.78, 5) is 22.8. The lowest BCUT2D eigenvalue weighted by atomic mass is 10.1. The minimum atomic E-state index is -0.465. The fourth-order valence-corrected chi connectivity index (χ4v) is 4.00. The maximum absolute atomic E-state index is 12.5. The number of aryl methyl sites for hydroxylation is 1. The van der Waals surface area contributed by atoms with Crippen LogP contribution in [0.2, 0.25) is 0 Å². The highest BCUT2D eigenvalue weighted by Gasteiger charge is 2.17. The number of carbonyl (C=O) groups is 1. The molecule has 4 rings (SSSR count). The van der Waals surface area contributed by atoms with E-state index in [9.17, 15) is 14.9 Å². The van der Waals surface area contributed by atoms with Gasteiger partial charge in [-0.15, -0.1) is 10.2 Å². The van der Waals surface area contributed by atoms with Crippen LogP contribution >= 0.6 is 11.8 Å². The summed E-state index contributed by atoms with van der Waals surface area (Å²) in [5.41, 5.74) is 6.70. The van der Waals surface area contributed by atoms with Crippen LogP contribution in [0.5, 0.6) is 0 Å². The highest BCUT2D eigenvalue weighted by molar-refractivity contribution is 7.99. The van der Waals surface area contributed by atoms with Gasteiger partial charge in [0.15, 0.2) is 11.0 Å². The number of nitro benzene ring substituents is 1. The molecule has 0 radical (unpaired) electrons. The van der Waals surface area contributed by atoms with Crippen molar-refractivity contribution in [3.05, 3.63) is 100 Å². The van der Waals surface area contributed by atoms with Gasteiger partial charge in [0.1, 0.15) is 0 Å². The number of non-ortho nitro benzene ring substituents is 1. The first-order chi connectivity index (χ1) is 16.9. The van der Waals surface area contributed by atoms with E-state index < -0.39 is 4.92 Å². The second kappa shape index (κ2) is 10.7. The van der Waals surface area contributed by atoms with E-state index in [2.05, 4.69) is 20.7 Å². The number of hydrazone groups is 1. The SMILES string of the molecule is C/C(=N/NC(=O)CSc1nnc(-c2ccc(C)cc2)n1-c1ccccc1)c1ccc([N+](=O)[O-])cc1. The van der Waals surface area contributed by atoms with Gasteiger partial charge in [-0.25, -0.2) is 5.43 Å². The maximum atomic E-state index is 12.5. The largest absolute Gasteiger partial charge is 0.272 e. The lowest BCUT2D eigenvalue weighted by Gasteiger charge is -2.10. The number of nitro groups is 1. The van der Waals surface area contributed by atoms with Crippen molar-refractivity contribution >= 4 is 29.1 Å². The summed E-state index contributed by atoms with van der Waals surface area (Å²) < 4.78 is 1.92. The van der Waals surface area contributed by atoms with E-state index in [1.54, 1.807) is 19.1 Å². The molecular formula is C25H22N6O3S. The quantitative estimate of drug-likeness (QED) is 0.166. The van der Waals surface area contributed by atoms with Gasteiger partial charge in [0.05, 0.1) is 16.4 Å². The molecule has 1 amide bonds. The summed E-state index contributed by atoms with van der Waals surface area (Å²) >= 11 is 1.25. The zero-order chi connectivity index (χ0) is 24.8. The minimum absolute atomic E-state index is 0.00507. The van der Waals surface area contributed by atoms with Crippen molar-refractivity contribution in [3.63, 3.8) is 0 Å². The fraction of sp³-hybridized carbons (Fsp3) is 0.120. The molecule has 0 bridgehead atoms. The van der Waals surface area contributed by atoms with Crippen LogP contribution in [0.3, 0.4) is 0 Å². The number of carbonyl (C=O) groups excluding carboxylic acids is 1. The molecule has 0 atom stereocenters. The van der Waals surface area contributed by atoms with Crippen molar-refractivity contribution in [2.75, 3.05) is 5.75 Å². The van der Waals surface area contributed by atoms with Gasteiger partial charge in [0.2, 0.25) is 0 Å². The number of nitrogens with one attached hydrogen (secondary N) is 1. The Morgan fingerprint density at radius 1 is 1.03 bits per heavy atom. The normalized spacial score (nSPS) is 11.3. The fourth-order valence-electron chi connectivity index (χ4n) is 3.26. The summed E-state index contributed by atoms with van der Waals surface area (Å²) in [5, 5.41) is 24.2. The van der Waals surface area contributed by atoms with E-state index in [0.717, 1.165) is 16.8 Å². The van der Waals surface area contributed by atoms with Crippen molar-refractivity contribution in [2.24, 2.45) is 5.10 Å². The van der Waals surface area contributed by atoms with Gasteiger partial charge in [0.25, 0.3) is 11.6 Å². The Hall–Kier alpha value is -4.31. The standard InChI is InChI=1S/C25H22N6O3S/c1-17-8-10-20(11-9-17)24-28-29-25(30(24)21-6-4-3-5-7-21)35-16-23(32)27-26-18(2)19-12-14-22(15-13-19)31(33)34/h3-15H,16H2,1-2H3,(H,27,32)/b26-18-. The third kappa shape index (κ3) is 5.79. The Labute approximate surface area is 206 Å². The van der Waals surface area contributed by atoms with Gasteiger partial charge in [0, 0.05) is 23.4 Å². The number of nitrogens with zero attached hydrogens (tertiary/aromatic N) is 5. The molecular weight excluding hydrogens is 464 g/mol. The highest BCUT2D eigenvalue weighted by Crippen LogP contribution is 2.28. The molecule has 35 heavy (non-hydrogen) atoms. The molecule has 1 heterocycles. The summed E-state index contributed by atoms with van der Waals surface area (Å²) in [7, 11) is 0. The highest BCUT2D eigenvalue weighted by atomic mass is 32.2. The molecule has 3 aromatic carbocycles. The number of hydrogen-bond acceptors (Lipinski definition) is 7. The third-order valence-electron chi connectivity index (χ3n) is 5.13. The predicted octanol–water partition coefficient (Wildman–Crippen LogP) is 4.78. The van der Waals surface area contributed by atoms with Gasteiger partial charge >= 0.3 is 0 Å². The minimum Gasteiger partial charge on any atom is -0.272 e. The van der Waals surface area contributed by atoms with E-state index in [1.807, 2.05) is 66.1 Å². The van der Waals surface area contributed by atoms with E-state index in [1.165, 1.54) is 23.9 Å². The Morgan fingerprint density at radius 3 is 2.37 bits per heavy atom. The van der Waals surface area contributed by atoms with Crippen LogP contribution < -0.4 is 5.43 Å². The number of thioether (sulfide) groups is 1. The van der Waals surface area contributed by atoms with Crippen LogP contribution in [-0.2, 0) is 4.79 Å². The molecule has 0 unspecified atom stereocenters. The van der Waals surface area contributed by atoms with Crippen molar-refractivity contribution < 1.29 is 9.72 Å². The first-order valence-corrected chi connectivity index (χ1v) is 11.7. The zero-order valence-electron chi connectivity index (χ0n) is 19.1. The number of rotatable bonds is 8. The number of hydrogen-bond donors (Lipinski definition) is 1. The molecule has 0 saturated carbocycles. The average molecular weight is 487 g/mol. The van der Waals surface area contributed by atoms with Gasteiger partial charge < -0.3 is 0 Å². The summed E-state index contributed by atoms with van der Waals surface area (Å²) in [6.45, 7) is 3.74. The molecule has 0 spiro atoms. The van der Waals surface area contributed by atoms with E-state index >= 15 is 0 Å². The number of aromatic nitrogens is 3. The number of benzene rings is 3. The first-order valence-electron chi connectivity index (χ1n) is 10.7. The summed E-state index contributed by atoms with van der Waals surface area (Å²) in [5.74, 6) is 0.456. The monoisotopic (exact) mass is 486 g/mol. The second-order valence-corrected chi connectivity index (χ2v) is 8.61. The second-order valence-electron chi connectivity index (χ2n) is 7.67. The third-order valence-corrected chi connectivity index (χ3v) is 6.06. The molecule has 0 aliphatic heterocycles. The number of amides is 1.